The lowest BCUT2D eigenvalue weighted by molar-refractivity contribution is -0.142. The van der Waals surface area contributed by atoms with Crippen LogP contribution in [0.5, 0.6) is 0 Å². The zero-order valence-corrected chi connectivity index (χ0v) is 13.6. The van der Waals surface area contributed by atoms with Gasteiger partial charge in [0.05, 0.1) is 17.9 Å². The topological polar surface area (TPSA) is 72.5 Å². The summed E-state index contributed by atoms with van der Waals surface area (Å²) in [4.78, 5) is 11.0. The Morgan fingerprint density at radius 1 is 1.08 bits per heavy atom. The quantitative estimate of drug-likeness (QED) is 0.809. The maximum Gasteiger partial charge on any atom is 0.310 e. The zero-order chi connectivity index (χ0) is 17.7. The third-order valence-corrected chi connectivity index (χ3v) is 4.44. The van der Waals surface area contributed by atoms with E-state index in [2.05, 4.69) is 4.72 Å². The molecule has 8 heteroatoms. The summed E-state index contributed by atoms with van der Waals surface area (Å²) < 4.78 is 57.4. The molecular formula is C16H15F2NO4S. The molecule has 1 N–H and O–H groups in total. The van der Waals surface area contributed by atoms with Crippen LogP contribution < -0.4 is 4.72 Å². The van der Waals surface area contributed by atoms with Crippen molar-refractivity contribution >= 4 is 21.7 Å². The van der Waals surface area contributed by atoms with Crippen molar-refractivity contribution in [2.75, 3.05) is 11.3 Å². The molecule has 0 amide bonds. The molecule has 0 atom stereocenters. The van der Waals surface area contributed by atoms with Crippen molar-refractivity contribution in [2.24, 2.45) is 0 Å². The molecule has 2 aromatic rings. The Kier molecular flexibility index (Phi) is 5.50. The average molecular weight is 355 g/mol. The molecule has 2 rings (SSSR count). The van der Waals surface area contributed by atoms with Gasteiger partial charge in [-0.15, -0.1) is 0 Å². The number of esters is 1. The van der Waals surface area contributed by atoms with Gasteiger partial charge in [-0.1, -0.05) is 12.1 Å². The van der Waals surface area contributed by atoms with Crippen LogP contribution >= 0.6 is 0 Å². The van der Waals surface area contributed by atoms with E-state index in [4.69, 9.17) is 4.74 Å². The van der Waals surface area contributed by atoms with Crippen LogP contribution in [0.2, 0.25) is 0 Å². The molecule has 0 saturated carbocycles. The number of ether oxygens (including phenoxy) is 1. The molecule has 0 aliphatic carbocycles. The van der Waals surface area contributed by atoms with Crippen molar-refractivity contribution in [1.29, 1.82) is 0 Å². The van der Waals surface area contributed by atoms with Crippen molar-refractivity contribution < 1.29 is 26.7 Å². The van der Waals surface area contributed by atoms with E-state index in [0.29, 0.717) is 11.6 Å². The van der Waals surface area contributed by atoms with Gasteiger partial charge in [0.1, 0.15) is 0 Å². The molecule has 0 bridgehead atoms. The molecule has 0 aliphatic heterocycles. The van der Waals surface area contributed by atoms with Gasteiger partial charge in [-0.25, -0.2) is 17.2 Å². The lowest BCUT2D eigenvalue weighted by Gasteiger charge is -2.09. The first kappa shape index (κ1) is 17.9. The van der Waals surface area contributed by atoms with Crippen molar-refractivity contribution in [3.8, 4) is 0 Å². The largest absolute Gasteiger partial charge is 0.466 e. The van der Waals surface area contributed by atoms with Gasteiger partial charge in [-0.05, 0) is 42.8 Å². The Bertz CT molecular complexity index is 836. The minimum absolute atomic E-state index is 0.0735. The van der Waals surface area contributed by atoms with E-state index in [9.17, 15) is 22.0 Å². The van der Waals surface area contributed by atoms with Gasteiger partial charge in [0.2, 0.25) is 0 Å². The highest BCUT2D eigenvalue weighted by molar-refractivity contribution is 7.92. The third kappa shape index (κ3) is 4.51. The Morgan fingerprint density at radius 2 is 1.75 bits per heavy atom. The van der Waals surface area contributed by atoms with Crippen LogP contribution in [0.3, 0.4) is 0 Å². The smallest absolute Gasteiger partial charge is 0.310 e. The predicted molar refractivity (Wildman–Crippen MR) is 83.9 cm³/mol. The second-order valence-corrected chi connectivity index (χ2v) is 6.54. The Balaban J connectivity index is 2.12. The maximum absolute atomic E-state index is 13.2. The minimum atomic E-state index is -4.05. The monoisotopic (exact) mass is 355 g/mol. The van der Waals surface area contributed by atoms with Gasteiger partial charge in [0, 0.05) is 5.69 Å². The highest BCUT2D eigenvalue weighted by atomic mass is 32.2. The number of benzene rings is 2. The first-order valence-electron chi connectivity index (χ1n) is 7.04. The van der Waals surface area contributed by atoms with Crippen LogP contribution in [0.1, 0.15) is 12.5 Å². The van der Waals surface area contributed by atoms with Crippen LogP contribution in [0, 0.1) is 11.6 Å². The van der Waals surface area contributed by atoms with Crippen LogP contribution in [-0.4, -0.2) is 21.0 Å². The molecule has 2 aromatic carbocycles. The van der Waals surface area contributed by atoms with Gasteiger partial charge in [-0.3, -0.25) is 9.52 Å². The Labute approximate surface area is 138 Å². The molecule has 5 nitrogen and oxygen atoms in total. The standard InChI is InChI=1S/C16H15F2NO4S/c1-2-23-16(20)9-11-3-5-12(6-4-11)19-24(21,22)13-7-8-14(17)15(18)10-13/h3-8,10,19H,2,9H2,1H3. The van der Waals surface area contributed by atoms with E-state index >= 15 is 0 Å². The number of nitrogens with one attached hydrogen (secondary N) is 1. The minimum Gasteiger partial charge on any atom is -0.466 e. The van der Waals surface area contributed by atoms with E-state index in [1.807, 2.05) is 0 Å². The van der Waals surface area contributed by atoms with Gasteiger partial charge in [0.25, 0.3) is 10.0 Å². The first-order chi connectivity index (χ1) is 11.3. The van der Waals surface area contributed by atoms with Crippen molar-refractivity contribution in [1.82, 2.24) is 0 Å². The van der Waals surface area contributed by atoms with Crippen molar-refractivity contribution in [2.45, 2.75) is 18.2 Å². The molecule has 0 aliphatic rings. The number of halogens is 2. The van der Waals surface area contributed by atoms with E-state index in [1.54, 1.807) is 19.1 Å². The molecule has 0 spiro atoms. The Hall–Kier alpha value is -2.48. The summed E-state index contributed by atoms with van der Waals surface area (Å²) in [7, 11) is -4.05. The Morgan fingerprint density at radius 3 is 2.33 bits per heavy atom. The molecule has 0 aromatic heterocycles. The fraction of sp³-hybridized carbons (Fsp3) is 0.188. The molecule has 0 heterocycles. The number of sulfonamides is 1. The highest BCUT2D eigenvalue weighted by Crippen LogP contribution is 2.19. The average Bonchev–Trinajstić information content (AvgIpc) is 2.52. The zero-order valence-electron chi connectivity index (χ0n) is 12.8. The molecule has 0 saturated heterocycles. The van der Waals surface area contributed by atoms with Gasteiger partial charge >= 0.3 is 5.97 Å². The summed E-state index contributed by atoms with van der Waals surface area (Å²) in [5.74, 6) is -2.76. The van der Waals surface area contributed by atoms with Gasteiger partial charge in [-0.2, -0.15) is 0 Å². The molecule has 128 valence electrons. The van der Waals surface area contributed by atoms with Gasteiger partial charge in [0.15, 0.2) is 11.6 Å². The fourth-order valence-electron chi connectivity index (χ4n) is 1.93. The van der Waals surface area contributed by atoms with Gasteiger partial charge < -0.3 is 4.74 Å². The SMILES string of the molecule is CCOC(=O)Cc1ccc(NS(=O)(=O)c2ccc(F)c(F)c2)cc1. The number of hydrogen-bond acceptors (Lipinski definition) is 4. The van der Waals surface area contributed by atoms with Crippen LogP contribution in [0.15, 0.2) is 47.4 Å². The number of anilines is 1. The number of hydrogen-bond donors (Lipinski definition) is 1. The number of carbonyl (C=O) groups is 1. The third-order valence-electron chi connectivity index (χ3n) is 3.06. The first-order valence-corrected chi connectivity index (χ1v) is 8.52. The number of rotatable bonds is 6. The molecule has 24 heavy (non-hydrogen) atoms. The lowest BCUT2D eigenvalue weighted by Crippen LogP contribution is -2.13. The van der Waals surface area contributed by atoms with E-state index in [1.165, 1.54) is 12.1 Å². The van der Waals surface area contributed by atoms with E-state index in [-0.39, 0.29) is 24.7 Å². The van der Waals surface area contributed by atoms with Crippen LogP contribution in [0.4, 0.5) is 14.5 Å². The normalized spacial score (nSPS) is 11.1. The second-order valence-electron chi connectivity index (χ2n) is 4.86. The summed E-state index contributed by atoms with van der Waals surface area (Å²) in [6.07, 6.45) is 0.0735. The van der Waals surface area contributed by atoms with Crippen molar-refractivity contribution in [3.63, 3.8) is 0 Å². The summed E-state index contributed by atoms with van der Waals surface area (Å²) in [5.41, 5.74) is 0.886. The fourth-order valence-corrected chi connectivity index (χ4v) is 3.00. The summed E-state index contributed by atoms with van der Waals surface area (Å²) in [5, 5.41) is 0. The lowest BCUT2D eigenvalue weighted by atomic mass is 10.1. The predicted octanol–water partition coefficient (Wildman–Crippen LogP) is 2.87. The molecule has 0 unspecified atom stereocenters. The maximum atomic E-state index is 13.2. The summed E-state index contributed by atoms with van der Waals surface area (Å²) >= 11 is 0. The van der Waals surface area contributed by atoms with Crippen LogP contribution in [0.25, 0.3) is 0 Å². The molecule has 0 fully saturated rings. The van der Waals surface area contributed by atoms with E-state index < -0.39 is 26.6 Å². The molecular weight excluding hydrogens is 340 g/mol. The summed E-state index contributed by atoms with van der Waals surface area (Å²) in [6, 6.07) is 8.38. The summed E-state index contributed by atoms with van der Waals surface area (Å²) in [6.45, 7) is 1.99. The number of carbonyl (C=O) groups excluding carboxylic acids is 1. The highest BCUT2D eigenvalue weighted by Gasteiger charge is 2.16. The van der Waals surface area contributed by atoms with Crippen molar-refractivity contribution in [3.05, 3.63) is 59.7 Å². The van der Waals surface area contributed by atoms with E-state index in [0.717, 1.165) is 12.1 Å². The second kappa shape index (κ2) is 7.39. The molecule has 0 radical (unpaired) electrons. The van der Waals surface area contributed by atoms with Crippen LogP contribution in [-0.2, 0) is 26.0 Å².